The Morgan fingerprint density at radius 3 is 2.42 bits per heavy atom. The Morgan fingerprint density at radius 1 is 0.900 bits per heavy atom. The number of methoxy groups -OCH3 is 3. The van der Waals surface area contributed by atoms with E-state index in [1.54, 1.807) is 45.6 Å². The molecule has 0 spiro atoms. The molecule has 0 unspecified atom stereocenters. The molecule has 0 bridgehead atoms. The number of fused-ring (bicyclic) bond motifs is 2. The van der Waals surface area contributed by atoms with Crippen molar-refractivity contribution in [2.24, 2.45) is 0 Å². The minimum atomic E-state index is -0.549. The molecule has 3 aromatic carbocycles. The maximum absolute atomic E-state index is 13.5. The minimum absolute atomic E-state index is 0.412. The van der Waals surface area contributed by atoms with Gasteiger partial charge in [0.2, 0.25) is 0 Å². The number of pyridine rings is 1. The third-order valence-electron chi connectivity index (χ3n) is 6.83. The highest BCUT2D eigenvalue weighted by Gasteiger charge is 2.26. The first kappa shape index (κ1) is 26.7. The van der Waals surface area contributed by atoms with Crippen LogP contribution in [0.2, 0.25) is 0 Å². The van der Waals surface area contributed by atoms with Crippen LogP contribution in [0.5, 0.6) is 17.2 Å². The Hall–Kier alpha value is -4.85. The molecule has 8 heteroatoms. The van der Waals surface area contributed by atoms with Crippen LogP contribution in [0, 0.1) is 0 Å². The molecule has 1 aromatic heterocycles. The molecular weight excluding hydrogens is 508 g/mol. The Morgan fingerprint density at radius 2 is 1.68 bits per heavy atom. The van der Waals surface area contributed by atoms with Crippen LogP contribution in [0.15, 0.2) is 66.7 Å². The van der Waals surface area contributed by atoms with Gasteiger partial charge < -0.3 is 24.3 Å². The van der Waals surface area contributed by atoms with Gasteiger partial charge in [0, 0.05) is 11.1 Å². The van der Waals surface area contributed by atoms with Gasteiger partial charge in [0.1, 0.15) is 5.75 Å². The molecule has 0 aliphatic heterocycles. The Bertz CT molecular complexity index is 1590. The van der Waals surface area contributed by atoms with E-state index in [-0.39, 0.29) is 0 Å². The van der Waals surface area contributed by atoms with E-state index < -0.39 is 18.5 Å². The van der Waals surface area contributed by atoms with Gasteiger partial charge in [0.25, 0.3) is 5.91 Å². The highest BCUT2D eigenvalue weighted by Crippen LogP contribution is 2.37. The van der Waals surface area contributed by atoms with Gasteiger partial charge in [-0.1, -0.05) is 24.3 Å². The van der Waals surface area contributed by atoms with E-state index in [1.807, 2.05) is 42.5 Å². The van der Waals surface area contributed by atoms with Crippen LogP contribution >= 0.6 is 0 Å². The van der Waals surface area contributed by atoms with Crippen LogP contribution < -0.4 is 19.5 Å². The second-order valence-electron chi connectivity index (χ2n) is 9.32. The molecule has 4 aromatic rings. The van der Waals surface area contributed by atoms with Crippen molar-refractivity contribution in [2.45, 2.75) is 19.3 Å². The van der Waals surface area contributed by atoms with E-state index in [0.717, 1.165) is 35.2 Å². The van der Waals surface area contributed by atoms with Crippen molar-refractivity contribution in [2.75, 3.05) is 33.3 Å². The smallest absolute Gasteiger partial charge is 0.339 e. The normalized spacial score (nSPS) is 13.4. The van der Waals surface area contributed by atoms with E-state index >= 15 is 0 Å². The summed E-state index contributed by atoms with van der Waals surface area (Å²) in [6.07, 6.45) is 4.41. The number of nitrogens with zero attached hydrogens (tertiary/aromatic N) is 1. The molecule has 0 fully saturated rings. The Balaban J connectivity index is 1.44. The maximum atomic E-state index is 13.5. The standard InChI is InChI=1S/C32H30N2O6/c1-37-23-14-12-22(13-15-23)33-29(35)19-40-32(36)30-24-8-4-5-10-26(24)34-31-21(7-6-9-25(30)31)17-20-11-16-27(38-2)28(18-20)39-3/h4-5,8,10-18H,6-7,9,19H2,1-3H3,(H,33,35)/b21-17-. The fourth-order valence-electron chi connectivity index (χ4n) is 4.93. The number of esters is 1. The first-order valence-electron chi connectivity index (χ1n) is 13.0. The molecule has 8 nitrogen and oxygen atoms in total. The second-order valence-corrected chi connectivity index (χ2v) is 9.32. The quantitative estimate of drug-likeness (QED) is 0.278. The van der Waals surface area contributed by atoms with Crippen molar-refractivity contribution in [1.29, 1.82) is 0 Å². The molecule has 204 valence electrons. The average molecular weight is 539 g/mol. The lowest BCUT2D eigenvalue weighted by molar-refractivity contribution is -0.119. The summed E-state index contributed by atoms with van der Waals surface area (Å²) in [4.78, 5) is 31.0. The lowest BCUT2D eigenvalue weighted by atomic mass is 9.86. The third-order valence-corrected chi connectivity index (χ3v) is 6.83. The van der Waals surface area contributed by atoms with Gasteiger partial charge >= 0.3 is 5.97 Å². The molecule has 1 aliphatic rings. The van der Waals surface area contributed by atoms with Crippen molar-refractivity contribution in [3.63, 3.8) is 0 Å². The van der Waals surface area contributed by atoms with E-state index in [2.05, 4.69) is 11.4 Å². The van der Waals surface area contributed by atoms with Crippen LogP contribution in [0.1, 0.15) is 40.0 Å². The summed E-state index contributed by atoms with van der Waals surface area (Å²) in [6, 6.07) is 20.2. The number of rotatable bonds is 8. The number of hydrogen-bond donors (Lipinski definition) is 1. The summed E-state index contributed by atoms with van der Waals surface area (Å²) >= 11 is 0. The van der Waals surface area contributed by atoms with E-state index in [0.29, 0.717) is 45.8 Å². The van der Waals surface area contributed by atoms with Crippen LogP contribution in [0.3, 0.4) is 0 Å². The van der Waals surface area contributed by atoms with Crippen LogP contribution in [0.25, 0.3) is 22.6 Å². The number of anilines is 1. The van der Waals surface area contributed by atoms with Gasteiger partial charge in [-0.05, 0) is 84.5 Å². The molecule has 0 saturated heterocycles. The number of carbonyl (C=O) groups excluding carboxylic acids is 2. The summed E-state index contributed by atoms with van der Waals surface area (Å²) in [5, 5.41) is 3.44. The number of carbonyl (C=O) groups is 2. The van der Waals surface area contributed by atoms with E-state index in [9.17, 15) is 9.59 Å². The fourth-order valence-corrected chi connectivity index (χ4v) is 4.93. The number of amides is 1. The second kappa shape index (κ2) is 11.9. The SMILES string of the molecule is COc1ccc(NC(=O)COC(=O)c2c3c(nc4ccccc24)/C(=C\c2ccc(OC)c(OC)c2)CCC3)cc1. The predicted molar refractivity (Wildman–Crippen MR) is 154 cm³/mol. The minimum Gasteiger partial charge on any atom is -0.497 e. The molecule has 1 aliphatic carbocycles. The maximum Gasteiger partial charge on any atom is 0.339 e. The molecule has 1 amide bonds. The van der Waals surface area contributed by atoms with E-state index in [4.69, 9.17) is 23.9 Å². The summed E-state index contributed by atoms with van der Waals surface area (Å²) in [6.45, 7) is -0.412. The molecule has 1 heterocycles. The van der Waals surface area contributed by atoms with Crippen LogP contribution in [-0.2, 0) is 16.0 Å². The van der Waals surface area contributed by atoms with Crippen molar-refractivity contribution >= 4 is 40.1 Å². The zero-order valence-corrected chi connectivity index (χ0v) is 22.7. The largest absolute Gasteiger partial charge is 0.497 e. The molecule has 1 N–H and O–H groups in total. The van der Waals surface area contributed by atoms with Crippen molar-refractivity contribution < 1.29 is 28.5 Å². The number of benzene rings is 3. The van der Waals surface area contributed by atoms with Crippen LogP contribution in [0.4, 0.5) is 5.69 Å². The van der Waals surface area contributed by atoms with Gasteiger partial charge in [-0.2, -0.15) is 0 Å². The highest BCUT2D eigenvalue weighted by atomic mass is 16.5. The number of nitrogens with one attached hydrogen (secondary N) is 1. The van der Waals surface area contributed by atoms with Gasteiger partial charge in [-0.15, -0.1) is 0 Å². The number of hydrogen-bond acceptors (Lipinski definition) is 7. The topological polar surface area (TPSA) is 96.0 Å². The molecular formula is C32H30N2O6. The van der Waals surface area contributed by atoms with Crippen molar-refractivity contribution in [1.82, 2.24) is 4.98 Å². The summed E-state index contributed by atoms with van der Waals surface area (Å²) in [5.41, 5.74) is 5.29. The molecule has 0 saturated carbocycles. The fraction of sp³-hybridized carbons (Fsp3) is 0.219. The molecule has 40 heavy (non-hydrogen) atoms. The lowest BCUT2D eigenvalue weighted by Crippen LogP contribution is -2.22. The Kier molecular flexibility index (Phi) is 7.96. The monoisotopic (exact) mass is 538 g/mol. The first-order chi connectivity index (χ1) is 19.5. The summed E-state index contributed by atoms with van der Waals surface area (Å²) in [7, 11) is 4.78. The molecule has 5 rings (SSSR count). The Labute approximate surface area is 232 Å². The number of ether oxygens (including phenoxy) is 4. The first-order valence-corrected chi connectivity index (χ1v) is 13.0. The van der Waals surface area contributed by atoms with Gasteiger partial charge in [0.15, 0.2) is 18.1 Å². The number of para-hydroxylation sites is 1. The van der Waals surface area contributed by atoms with E-state index in [1.165, 1.54) is 0 Å². The van der Waals surface area contributed by atoms with Gasteiger partial charge in [-0.25, -0.2) is 9.78 Å². The van der Waals surface area contributed by atoms with Crippen LogP contribution in [-0.4, -0.2) is 44.8 Å². The lowest BCUT2D eigenvalue weighted by Gasteiger charge is -2.22. The van der Waals surface area contributed by atoms with Gasteiger partial charge in [-0.3, -0.25) is 4.79 Å². The third kappa shape index (κ3) is 5.61. The van der Waals surface area contributed by atoms with Crippen molar-refractivity contribution in [3.8, 4) is 17.2 Å². The average Bonchev–Trinajstić information content (AvgIpc) is 2.99. The van der Waals surface area contributed by atoms with Crippen molar-refractivity contribution in [3.05, 3.63) is 89.1 Å². The predicted octanol–water partition coefficient (Wildman–Crippen LogP) is 5.93. The highest BCUT2D eigenvalue weighted by molar-refractivity contribution is 6.07. The molecule has 0 radical (unpaired) electrons. The zero-order valence-electron chi connectivity index (χ0n) is 22.7. The zero-order chi connectivity index (χ0) is 28.1. The summed E-state index contributed by atoms with van der Waals surface area (Å²) in [5.74, 6) is 0.987. The molecule has 0 atom stereocenters. The van der Waals surface area contributed by atoms with Gasteiger partial charge in [0.05, 0.1) is 38.1 Å². The summed E-state index contributed by atoms with van der Waals surface area (Å²) < 4.78 is 21.5. The number of allylic oxidation sites excluding steroid dienone is 1. The number of aromatic nitrogens is 1.